The van der Waals surface area contributed by atoms with Crippen LogP contribution in [0.25, 0.3) is 11.0 Å². The van der Waals surface area contributed by atoms with Gasteiger partial charge in [0.15, 0.2) is 0 Å². The molecule has 1 aromatic carbocycles. The first-order valence-corrected chi connectivity index (χ1v) is 8.27. The number of furan rings is 1. The second-order valence-electron chi connectivity index (χ2n) is 6.81. The van der Waals surface area contributed by atoms with Crippen LogP contribution >= 0.6 is 15.9 Å². The molecule has 0 amide bonds. The number of halogens is 1. The van der Waals surface area contributed by atoms with E-state index in [-0.39, 0.29) is 11.5 Å². The van der Waals surface area contributed by atoms with Gasteiger partial charge in [0.1, 0.15) is 17.4 Å². The Morgan fingerprint density at radius 1 is 1.24 bits per heavy atom. The van der Waals surface area contributed by atoms with Crippen molar-refractivity contribution in [1.29, 1.82) is 0 Å². The summed E-state index contributed by atoms with van der Waals surface area (Å²) in [6, 6.07) is 8.62. The Balaban J connectivity index is 1.79. The molecule has 1 N–H and O–H groups in total. The first-order chi connectivity index (χ1) is 9.93. The fraction of sp³-hybridized carbons (Fsp3) is 0.529. The molecular formula is C17H22BrNO2. The number of ether oxygens (including phenoxy) is 1. The predicted octanol–water partition coefficient (Wildman–Crippen LogP) is 4.66. The number of nitrogens with one attached hydrogen (secondary N) is 1. The van der Waals surface area contributed by atoms with Crippen LogP contribution in [0.2, 0.25) is 0 Å². The molecule has 1 aliphatic heterocycles. The lowest BCUT2D eigenvalue weighted by molar-refractivity contribution is 0.0514. The second-order valence-corrected chi connectivity index (χ2v) is 7.72. The molecule has 1 aromatic heterocycles. The molecule has 2 aromatic rings. The monoisotopic (exact) mass is 351 g/mol. The van der Waals surface area contributed by atoms with Crippen molar-refractivity contribution >= 4 is 26.9 Å². The predicted molar refractivity (Wildman–Crippen MR) is 88.5 cm³/mol. The fourth-order valence-corrected chi connectivity index (χ4v) is 3.23. The van der Waals surface area contributed by atoms with Gasteiger partial charge in [-0.15, -0.1) is 0 Å². The van der Waals surface area contributed by atoms with Gasteiger partial charge in [-0.1, -0.05) is 36.7 Å². The van der Waals surface area contributed by atoms with Gasteiger partial charge in [0.2, 0.25) is 0 Å². The summed E-state index contributed by atoms with van der Waals surface area (Å²) < 4.78 is 13.0. The van der Waals surface area contributed by atoms with Gasteiger partial charge < -0.3 is 14.5 Å². The lowest BCUT2D eigenvalue weighted by Crippen LogP contribution is -2.40. The van der Waals surface area contributed by atoms with Gasteiger partial charge in [0, 0.05) is 29.1 Å². The molecule has 3 rings (SSSR count). The van der Waals surface area contributed by atoms with E-state index in [2.05, 4.69) is 54.2 Å². The standard InChI is InChI=1S/C17H22BrNO2/c1-17(2,3)16-6-7-20-15(10-19-16)14-9-11-8-12(18)4-5-13(11)21-14/h4-5,8-9,15-16,19H,6-7,10H2,1-3H3. The molecule has 21 heavy (non-hydrogen) atoms. The summed E-state index contributed by atoms with van der Waals surface area (Å²) >= 11 is 3.49. The molecular weight excluding hydrogens is 330 g/mol. The summed E-state index contributed by atoms with van der Waals surface area (Å²) in [7, 11) is 0. The van der Waals surface area contributed by atoms with Crippen LogP contribution in [0.3, 0.4) is 0 Å². The van der Waals surface area contributed by atoms with Crippen LogP contribution in [0.4, 0.5) is 0 Å². The summed E-state index contributed by atoms with van der Waals surface area (Å²) in [5, 5.41) is 4.74. The summed E-state index contributed by atoms with van der Waals surface area (Å²) in [6.45, 7) is 8.36. The number of rotatable bonds is 1. The van der Waals surface area contributed by atoms with E-state index in [1.807, 2.05) is 12.1 Å². The van der Waals surface area contributed by atoms with Gasteiger partial charge in [0.05, 0.1) is 0 Å². The highest BCUT2D eigenvalue weighted by atomic mass is 79.9. The van der Waals surface area contributed by atoms with Crippen LogP contribution in [0.15, 0.2) is 33.2 Å². The second kappa shape index (κ2) is 5.75. The van der Waals surface area contributed by atoms with Crippen molar-refractivity contribution in [1.82, 2.24) is 5.32 Å². The van der Waals surface area contributed by atoms with E-state index in [0.717, 1.165) is 40.8 Å². The largest absolute Gasteiger partial charge is 0.458 e. The highest BCUT2D eigenvalue weighted by molar-refractivity contribution is 9.10. The number of hydrogen-bond donors (Lipinski definition) is 1. The van der Waals surface area contributed by atoms with Crippen molar-refractivity contribution in [2.75, 3.05) is 13.2 Å². The molecule has 4 heteroatoms. The summed E-state index contributed by atoms with van der Waals surface area (Å²) in [6.07, 6.45) is 1.02. The van der Waals surface area contributed by atoms with Crippen LogP contribution < -0.4 is 5.32 Å². The molecule has 3 nitrogen and oxygen atoms in total. The zero-order valence-electron chi connectivity index (χ0n) is 12.8. The molecule has 2 unspecified atom stereocenters. The Bertz CT molecular complexity index is 629. The van der Waals surface area contributed by atoms with Gasteiger partial charge in [-0.25, -0.2) is 0 Å². The molecule has 0 bridgehead atoms. The summed E-state index contributed by atoms with van der Waals surface area (Å²) in [4.78, 5) is 0. The molecule has 114 valence electrons. The van der Waals surface area contributed by atoms with Crippen molar-refractivity contribution in [3.8, 4) is 0 Å². The van der Waals surface area contributed by atoms with Crippen LogP contribution in [0, 0.1) is 5.41 Å². The maximum atomic E-state index is 6.01. The van der Waals surface area contributed by atoms with Crippen molar-refractivity contribution in [2.45, 2.75) is 39.3 Å². The Hall–Kier alpha value is -0.840. The third-order valence-corrected chi connectivity index (χ3v) is 4.63. The quantitative estimate of drug-likeness (QED) is 0.811. The van der Waals surface area contributed by atoms with Crippen molar-refractivity contribution in [3.63, 3.8) is 0 Å². The van der Waals surface area contributed by atoms with Gasteiger partial charge in [0.25, 0.3) is 0 Å². The first kappa shape index (κ1) is 15.1. The average molecular weight is 352 g/mol. The molecule has 1 aliphatic rings. The molecule has 1 saturated heterocycles. The van der Waals surface area contributed by atoms with E-state index in [1.54, 1.807) is 0 Å². The molecule has 0 radical (unpaired) electrons. The van der Waals surface area contributed by atoms with Gasteiger partial charge in [-0.05, 0) is 36.1 Å². The number of fused-ring (bicyclic) bond motifs is 1. The van der Waals surface area contributed by atoms with E-state index in [1.165, 1.54) is 0 Å². The molecule has 1 fully saturated rings. The number of hydrogen-bond acceptors (Lipinski definition) is 3. The minimum Gasteiger partial charge on any atom is -0.458 e. The van der Waals surface area contributed by atoms with Crippen LogP contribution in [-0.4, -0.2) is 19.2 Å². The average Bonchev–Trinajstić information content (AvgIpc) is 2.65. The molecule has 2 atom stereocenters. The minimum absolute atomic E-state index is 0.0106. The Kier molecular flexibility index (Phi) is 4.12. The smallest absolute Gasteiger partial charge is 0.135 e. The molecule has 0 saturated carbocycles. The van der Waals surface area contributed by atoms with Crippen molar-refractivity contribution in [3.05, 3.63) is 34.5 Å². The Labute approximate surface area is 134 Å². The van der Waals surface area contributed by atoms with Gasteiger partial charge in [-0.3, -0.25) is 0 Å². The fourth-order valence-electron chi connectivity index (χ4n) is 2.85. The third-order valence-electron chi connectivity index (χ3n) is 4.14. The van der Waals surface area contributed by atoms with E-state index >= 15 is 0 Å². The van der Waals surface area contributed by atoms with Crippen LogP contribution in [-0.2, 0) is 4.74 Å². The van der Waals surface area contributed by atoms with Gasteiger partial charge in [-0.2, -0.15) is 0 Å². The van der Waals surface area contributed by atoms with E-state index in [4.69, 9.17) is 9.15 Å². The summed E-state index contributed by atoms with van der Waals surface area (Å²) in [5.41, 5.74) is 1.16. The lowest BCUT2D eigenvalue weighted by atomic mass is 9.85. The molecule has 0 aliphatic carbocycles. The Morgan fingerprint density at radius 3 is 2.81 bits per heavy atom. The lowest BCUT2D eigenvalue weighted by Gasteiger charge is -2.30. The zero-order valence-corrected chi connectivity index (χ0v) is 14.4. The van der Waals surface area contributed by atoms with Crippen LogP contribution in [0.5, 0.6) is 0 Å². The minimum atomic E-state index is -0.0106. The highest BCUT2D eigenvalue weighted by Gasteiger charge is 2.29. The van der Waals surface area contributed by atoms with E-state index in [9.17, 15) is 0 Å². The number of benzene rings is 1. The highest BCUT2D eigenvalue weighted by Crippen LogP contribution is 2.31. The Morgan fingerprint density at radius 2 is 2.05 bits per heavy atom. The SMILES string of the molecule is CC(C)(C)C1CCOC(c2cc3cc(Br)ccc3o2)CN1. The maximum Gasteiger partial charge on any atom is 0.135 e. The van der Waals surface area contributed by atoms with E-state index in [0.29, 0.717) is 6.04 Å². The maximum absolute atomic E-state index is 6.01. The van der Waals surface area contributed by atoms with E-state index < -0.39 is 0 Å². The molecule has 2 heterocycles. The normalized spacial score (nSPS) is 24.2. The summed E-state index contributed by atoms with van der Waals surface area (Å²) in [5.74, 6) is 0.908. The van der Waals surface area contributed by atoms with Crippen molar-refractivity contribution in [2.24, 2.45) is 5.41 Å². The first-order valence-electron chi connectivity index (χ1n) is 7.47. The van der Waals surface area contributed by atoms with Crippen molar-refractivity contribution < 1.29 is 9.15 Å². The van der Waals surface area contributed by atoms with Crippen LogP contribution in [0.1, 0.15) is 39.1 Å². The topological polar surface area (TPSA) is 34.4 Å². The molecule has 0 spiro atoms. The zero-order chi connectivity index (χ0) is 15.0. The third kappa shape index (κ3) is 3.33. The van der Waals surface area contributed by atoms with Gasteiger partial charge >= 0.3 is 0 Å².